The van der Waals surface area contributed by atoms with E-state index in [0.717, 1.165) is 10.9 Å². The molecule has 0 amide bonds. The second-order valence-corrected chi connectivity index (χ2v) is 8.74. The van der Waals surface area contributed by atoms with E-state index in [-0.39, 0.29) is 4.90 Å². The molecule has 6 nitrogen and oxygen atoms in total. The number of hydrogen-bond donors (Lipinski definition) is 1. The number of hydrogen-bond acceptors (Lipinski definition) is 5. The standard InChI is InChI=1S/C23H19ClN2O4S/c1-2-29-18-9-12-22-20(13-18)21(14-23(30-22)15-3-5-16(24)6-4-15)26-17-7-10-19(11-8-17)31(25,27)28/h3-14H,2H2,1H3,(H2,25,27,28). The Morgan fingerprint density at radius 2 is 1.71 bits per heavy atom. The van der Waals surface area contributed by atoms with Crippen molar-refractivity contribution in [1.29, 1.82) is 0 Å². The molecule has 4 aromatic rings. The minimum Gasteiger partial charge on any atom is -0.494 e. The molecule has 0 saturated heterocycles. The van der Waals surface area contributed by atoms with Crippen LogP contribution in [0.2, 0.25) is 5.02 Å². The van der Waals surface area contributed by atoms with Crippen molar-refractivity contribution in [1.82, 2.24) is 0 Å². The number of benzene rings is 3. The van der Waals surface area contributed by atoms with Crippen LogP contribution in [0.1, 0.15) is 6.92 Å². The summed E-state index contributed by atoms with van der Waals surface area (Å²) in [6.07, 6.45) is 0. The number of nitrogens with zero attached hydrogens (tertiary/aromatic N) is 1. The Labute approximate surface area is 184 Å². The van der Waals surface area contributed by atoms with Gasteiger partial charge in [-0.05, 0) is 73.7 Å². The Morgan fingerprint density at radius 1 is 1.00 bits per heavy atom. The third kappa shape index (κ3) is 4.80. The molecule has 0 fully saturated rings. The number of rotatable bonds is 5. The fourth-order valence-corrected chi connectivity index (χ4v) is 3.74. The zero-order chi connectivity index (χ0) is 22.0. The SMILES string of the molecule is CCOc1ccc2oc(-c3ccc(Cl)cc3)cc(=Nc3ccc(S(N)(=O)=O)cc3)c2c1. The van der Waals surface area contributed by atoms with E-state index in [0.29, 0.717) is 39.8 Å². The van der Waals surface area contributed by atoms with Gasteiger partial charge in [0, 0.05) is 22.0 Å². The molecule has 2 N–H and O–H groups in total. The summed E-state index contributed by atoms with van der Waals surface area (Å²) < 4.78 is 34.8. The highest BCUT2D eigenvalue weighted by atomic mass is 35.5. The minimum atomic E-state index is -3.77. The Hall–Kier alpha value is -3.13. The van der Waals surface area contributed by atoms with Gasteiger partial charge in [0.2, 0.25) is 10.0 Å². The molecule has 0 radical (unpaired) electrons. The largest absolute Gasteiger partial charge is 0.494 e. The average molecular weight is 455 g/mol. The Kier molecular flexibility index (Phi) is 5.82. The smallest absolute Gasteiger partial charge is 0.238 e. The quantitative estimate of drug-likeness (QED) is 0.457. The molecular weight excluding hydrogens is 436 g/mol. The lowest BCUT2D eigenvalue weighted by Crippen LogP contribution is -2.11. The van der Waals surface area contributed by atoms with E-state index in [2.05, 4.69) is 0 Å². The maximum absolute atomic E-state index is 11.5. The molecule has 1 heterocycles. The number of primary sulfonamides is 1. The minimum absolute atomic E-state index is 0.0276. The van der Waals surface area contributed by atoms with Crippen molar-refractivity contribution in [3.63, 3.8) is 0 Å². The van der Waals surface area contributed by atoms with Crippen molar-refractivity contribution < 1.29 is 17.6 Å². The molecule has 3 aromatic carbocycles. The molecule has 0 aliphatic rings. The fourth-order valence-electron chi connectivity index (χ4n) is 3.10. The van der Waals surface area contributed by atoms with Crippen molar-refractivity contribution in [2.45, 2.75) is 11.8 Å². The van der Waals surface area contributed by atoms with Gasteiger partial charge in [0.25, 0.3) is 0 Å². The van der Waals surface area contributed by atoms with Crippen LogP contribution < -0.4 is 15.2 Å². The Bertz CT molecular complexity index is 1410. The summed E-state index contributed by atoms with van der Waals surface area (Å²) in [5, 5.41) is 7.22. The van der Waals surface area contributed by atoms with Gasteiger partial charge in [-0.3, -0.25) is 0 Å². The molecule has 0 bridgehead atoms. The number of nitrogens with two attached hydrogens (primary N) is 1. The fraction of sp³-hybridized carbons (Fsp3) is 0.0870. The number of ether oxygens (including phenoxy) is 1. The normalized spacial score (nSPS) is 12.3. The zero-order valence-electron chi connectivity index (χ0n) is 16.6. The lowest BCUT2D eigenvalue weighted by molar-refractivity contribution is 0.340. The van der Waals surface area contributed by atoms with Gasteiger partial charge < -0.3 is 9.15 Å². The maximum Gasteiger partial charge on any atom is 0.238 e. The van der Waals surface area contributed by atoms with E-state index in [1.807, 2.05) is 43.3 Å². The van der Waals surface area contributed by atoms with Gasteiger partial charge in [-0.1, -0.05) is 11.6 Å². The molecular formula is C23H19ClN2O4S. The highest BCUT2D eigenvalue weighted by Crippen LogP contribution is 2.26. The predicted octanol–water partition coefficient (Wildman–Crippen LogP) is 5.03. The third-order valence-electron chi connectivity index (χ3n) is 4.57. The monoisotopic (exact) mass is 454 g/mol. The first kappa shape index (κ1) is 21.1. The van der Waals surface area contributed by atoms with Crippen molar-refractivity contribution in [2.24, 2.45) is 10.1 Å². The first-order chi connectivity index (χ1) is 14.8. The van der Waals surface area contributed by atoms with Crippen molar-refractivity contribution in [2.75, 3.05) is 6.61 Å². The molecule has 0 unspecified atom stereocenters. The first-order valence-electron chi connectivity index (χ1n) is 9.48. The summed E-state index contributed by atoms with van der Waals surface area (Å²) in [4.78, 5) is 4.75. The van der Waals surface area contributed by atoms with E-state index in [4.69, 9.17) is 30.9 Å². The zero-order valence-corrected chi connectivity index (χ0v) is 18.2. The van der Waals surface area contributed by atoms with Crippen LogP contribution in [0, 0.1) is 0 Å². The van der Waals surface area contributed by atoms with Crippen LogP contribution in [-0.2, 0) is 10.0 Å². The van der Waals surface area contributed by atoms with Crippen LogP contribution in [0.25, 0.3) is 22.3 Å². The number of sulfonamides is 1. The second-order valence-electron chi connectivity index (χ2n) is 6.74. The van der Waals surface area contributed by atoms with E-state index in [9.17, 15) is 8.42 Å². The Balaban J connectivity index is 1.92. The van der Waals surface area contributed by atoms with Gasteiger partial charge in [0.05, 0.1) is 22.5 Å². The molecule has 8 heteroatoms. The molecule has 31 heavy (non-hydrogen) atoms. The Morgan fingerprint density at radius 3 is 2.35 bits per heavy atom. The van der Waals surface area contributed by atoms with E-state index in [1.54, 1.807) is 24.3 Å². The molecule has 0 aliphatic carbocycles. The average Bonchev–Trinajstić information content (AvgIpc) is 2.74. The van der Waals surface area contributed by atoms with Gasteiger partial charge in [-0.25, -0.2) is 18.5 Å². The molecule has 4 rings (SSSR count). The second kappa shape index (κ2) is 8.55. The van der Waals surface area contributed by atoms with Crippen LogP contribution in [0.4, 0.5) is 5.69 Å². The van der Waals surface area contributed by atoms with E-state index in [1.165, 1.54) is 12.1 Å². The third-order valence-corrected chi connectivity index (χ3v) is 5.75. The summed E-state index contributed by atoms with van der Waals surface area (Å²) in [5.74, 6) is 1.32. The van der Waals surface area contributed by atoms with Crippen LogP contribution in [0.5, 0.6) is 5.75 Å². The highest BCUT2D eigenvalue weighted by molar-refractivity contribution is 7.89. The summed E-state index contributed by atoms with van der Waals surface area (Å²) >= 11 is 6.01. The number of halogens is 1. The predicted molar refractivity (Wildman–Crippen MR) is 121 cm³/mol. The maximum atomic E-state index is 11.5. The summed E-state index contributed by atoms with van der Waals surface area (Å²) in [7, 11) is -3.77. The molecule has 158 valence electrons. The lowest BCUT2D eigenvalue weighted by atomic mass is 10.1. The van der Waals surface area contributed by atoms with Crippen LogP contribution in [-0.4, -0.2) is 15.0 Å². The molecule has 0 atom stereocenters. The van der Waals surface area contributed by atoms with E-state index < -0.39 is 10.0 Å². The molecule has 0 saturated carbocycles. The van der Waals surface area contributed by atoms with Crippen molar-refractivity contribution >= 4 is 38.3 Å². The summed E-state index contributed by atoms with van der Waals surface area (Å²) in [6, 6.07) is 20.7. The van der Waals surface area contributed by atoms with Crippen LogP contribution in [0.3, 0.4) is 0 Å². The molecule has 0 aliphatic heterocycles. The summed E-state index contributed by atoms with van der Waals surface area (Å²) in [5.41, 5.74) is 2.06. The van der Waals surface area contributed by atoms with Gasteiger partial charge in [-0.15, -0.1) is 0 Å². The van der Waals surface area contributed by atoms with Gasteiger partial charge in [-0.2, -0.15) is 0 Å². The van der Waals surface area contributed by atoms with Crippen LogP contribution in [0.15, 0.2) is 87.1 Å². The molecule has 1 aromatic heterocycles. The first-order valence-corrected chi connectivity index (χ1v) is 11.4. The molecule has 0 spiro atoms. The highest BCUT2D eigenvalue weighted by Gasteiger charge is 2.09. The van der Waals surface area contributed by atoms with E-state index >= 15 is 0 Å². The van der Waals surface area contributed by atoms with Crippen LogP contribution >= 0.6 is 11.6 Å². The summed E-state index contributed by atoms with van der Waals surface area (Å²) in [6.45, 7) is 2.45. The van der Waals surface area contributed by atoms with Gasteiger partial charge in [0.15, 0.2) is 0 Å². The van der Waals surface area contributed by atoms with Crippen molar-refractivity contribution in [3.05, 3.63) is 83.2 Å². The van der Waals surface area contributed by atoms with Crippen molar-refractivity contribution in [3.8, 4) is 17.1 Å². The lowest BCUT2D eigenvalue weighted by Gasteiger charge is -2.08. The number of fused-ring (bicyclic) bond motifs is 1. The topological polar surface area (TPSA) is 94.9 Å². The van der Waals surface area contributed by atoms with Gasteiger partial charge in [0.1, 0.15) is 17.1 Å². The van der Waals surface area contributed by atoms with Gasteiger partial charge >= 0.3 is 0 Å².